The van der Waals surface area contributed by atoms with Crippen LogP contribution in [0.25, 0.3) is 0 Å². The monoisotopic (exact) mass is 310 g/mol. The molecular weight excluding hydrogens is 284 g/mol. The first kappa shape index (κ1) is 16.6. The summed E-state index contributed by atoms with van der Waals surface area (Å²) < 4.78 is 5.77. The molecule has 0 radical (unpaired) electrons. The van der Waals surface area contributed by atoms with Gasteiger partial charge < -0.3 is 15.0 Å². The van der Waals surface area contributed by atoms with Gasteiger partial charge >= 0.3 is 0 Å². The average Bonchev–Trinajstić information content (AvgIpc) is 2.49. The largest absolute Gasteiger partial charge is 0.375 e. The summed E-state index contributed by atoms with van der Waals surface area (Å²) in [5.41, 5.74) is 2.38. The van der Waals surface area contributed by atoms with Crippen molar-refractivity contribution in [2.75, 3.05) is 24.6 Å². The maximum absolute atomic E-state index is 6.46. The second-order valence-corrected chi connectivity index (χ2v) is 6.22. The Bertz CT molecular complexity index is 452. The number of hydrogen-bond acceptors (Lipinski definition) is 3. The van der Waals surface area contributed by atoms with E-state index < -0.39 is 0 Å². The molecule has 0 amide bonds. The van der Waals surface area contributed by atoms with Crippen LogP contribution in [0.2, 0.25) is 5.02 Å². The molecule has 21 heavy (non-hydrogen) atoms. The van der Waals surface area contributed by atoms with Gasteiger partial charge in [0.15, 0.2) is 0 Å². The molecule has 1 saturated heterocycles. The van der Waals surface area contributed by atoms with Gasteiger partial charge in [0.05, 0.1) is 18.8 Å². The number of nitrogens with one attached hydrogen (secondary N) is 1. The molecule has 1 aliphatic rings. The van der Waals surface area contributed by atoms with E-state index in [1.54, 1.807) is 0 Å². The lowest BCUT2D eigenvalue weighted by molar-refractivity contribution is 0.0299. The van der Waals surface area contributed by atoms with Crippen molar-refractivity contribution in [1.29, 1.82) is 0 Å². The van der Waals surface area contributed by atoms with Crippen LogP contribution in [0.15, 0.2) is 18.2 Å². The molecule has 0 spiro atoms. The molecule has 2 unspecified atom stereocenters. The molecule has 0 aromatic heterocycles. The lowest BCUT2D eigenvalue weighted by Crippen LogP contribution is -2.48. The highest BCUT2D eigenvalue weighted by Crippen LogP contribution is 2.28. The molecule has 1 aromatic rings. The van der Waals surface area contributed by atoms with E-state index in [1.165, 1.54) is 11.3 Å². The summed E-state index contributed by atoms with van der Waals surface area (Å²) >= 11 is 6.46. The van der Waals surface area contributed by atoms with Crippen molar-refractivity contribution >= 4 is 17.3 Å². The van der Waals surface area contributed by atoms with Gasteiger partial charge in [0.1, 0.15) is 0 Å². The van der Waals surface area contributed by atoms with Gasteiger partial charge in [0, 0.05) is 23.8 Å². The zero-order valence-corrected chi connectivity index (χ0v) is 14.1. The highest BCUT2D eigenvalue weighted by Gasteiger charge is 2.25. The van der Waals surface area contributed by atoms with Crippen LogP contribution in [0.1, 0.15) is 39.2 Å². The number of nitrogens with zero attached hydrogens (tertiary/aromatic N) is 1. The summed E-state index contributed by atoms with van der Waals surface area (Å²) in [6.07, 6.45) is 2.50. The van der Waals surface area contributed by atoms with Crippen molar-refractivity contribution in [3.8, 4) is 0 Å². The molecule has 0 saturated carbocycles. The van der Waals surface area contributed by atoms with Crippen molar-refractivity contribution in [3.05, 3.63) is 28.8 Å². The smallest absolute Gasteiger partial charge is 0.0723 e. The first-order chi connectivity index (χ1) is 10.2. The lowest BCUT2D eigenvalue weighted by atomic mass is 10.1. The molecule has 2 atom stereocenters. The van der Waals surface area contributed by atoms with Crippen LogP contribution in [0.5, 0.6) is 0 Å². The first-order valence-electron chi connectivity index (χ1n) is 8.03. The summed E-state index contributed by atoms with van der Waals surface area (Å²) in [6.45, 7) is 10.1. The van der Waals surface area contributed by atoms with Crippen LogP contribution in [0, 0.1) is 0 Å². The fraction of sp³-hybridized carbons (Fsp3) is 0.647. The van der Waals surface area contributed by atoms with Gasteiger partial charge in [-0.2, -0.15) is 0 Å². The predicted octanol–water partition coefficient (Wildman–Crippen LogP) is 3.84. The predicted molar refractivity (Wildman–Crippen MR) is 90.3 cm³/mol. The standard InChI is InChI=1S/C17H27ClN2O/c1-4-8-19-10-14-6-7-16(9-17(14)18)20-11-13(3)21-12-15(20)5-2/h6-7,9,13,15,19H,4-5,8,10-12H2,1-3H3. The molecule has 2 rings (SSSR count). The van der Waals surface area contributed by atoms with Gasteiger partial charge in [0.25, 0.3) is 0 Å². The third-order valence-corrected chi connectivity index (χ3v) is 4.40. The van der Waals surface area contributed by atoms with Gasteiger partial charge in [-0.25, -0.2) is 0 Å². The molecule has 118 valence electrons. The van der Waals surface area contributed by atoms with Gasteiger partial charge in [-0.1, -0.05) is 31.5 Å². The molecule has 1 aliphatic heterocycles. The Labute approximate surface area is 133 Å². The average molecular weight is 311 g/mol. The fourth-order valence-corrected chi connectivity index (χ4v) is 3.00. The van der Waals surface area contributed by atoms with Crippen molar-refractivity contribution < 1.29 is 4.74 Å². The van der Waals surface area contributed by atoms with E-state index >= 15 is 0 Å². The van der Waals surface area contributed by atoms with E-state index in [4.69, 9.17) is 16.3 Å². The van der Waals surface area contributed by atoms with Gasteiger partial charge in [-0.3, -0.25) is 0 Å². The Hall–Kier alpha value is -0.770. The highest BCUT2D eigenvalue weighted by atomic mass is 35.5. The minimum absolute atomic E-state index is 0.275. The summed E-state index contributed by atoms with van der Waals surface area (Å²) in [4.78, 5) is 2.43. The molecule has 0 aliphatic carbocycles. The molecule has 3 nitrogen and oxygen atoms in total. The maximum atomic E-state index is 6.46. The number of halogens is 1. The van der Waals surface area contributed by atoms with Crippen LogP contribution in [-0.4, -0.2) is 31.8 Å². The van der Waals surface area contributed by atoms with Crippen molar-refractivity contribution in [2.45, 2.75) is 52.3 Å². The number of hydrogen-bond donors (Lipinski definition) is 1. The van der Waals surface area contributed by atoms with E-state index in [0.29, 0.717) is 6.04 Å². The minimum Gasteiger partial charge on any atom is -0.375 e. The highest BCUT2D eigenvalue weighted by molar-refractivity contribution is 6.31. The van der Waals surface area contributed by atoms with E-state index in [0.717, 1.165) is 44.1 Å². The Morgan fingerprint density at radius 2 is 2.19 bits per heavy atom. The Kier molecular flexibility index (Phi) is 6.34. The number of ether oxygens (including phenoxy) is 1. The second kappa shape index (κ2) is 8.02. The molecule has 0 bridgehead atoms. The molecule has 1 aromatic carbocycles. The quantitative estimate of drug-likeness (QED) is 0.808. The Balaban J connectivity index is 2.10. The summed E-state index contributed by atoms with van der Waals surface area (Å²) in [5.74, 6) is 0. The molecule has 1 heterocycles. The van der Waals surface area contributed by atoms with E-state index in [1.807, 2.05) is 0 Å². The molecule has 1 fully saturated rings. The SMILES string of the molecule is CCCNCc1ccc(N2CC(C)OCC2CC)cc1Cl. The zero-order valence-electron chi connectivity index (χ0n) is 13.4. The van der Waals surface area contributed by atoms with Crippen molar-refractivity contribution in [1.82, 2.24) is 5.32 Å². The summed E-state index contributed by atoms with van der Waals surface area (Å²) in [6, 6.07) is 6.88. The molecule has 4 heteroatoms. The van der Waals surface area contributed by atoms with Crippen LogP contribution in [0.3, 0.4) is 0 Å². The van der Waals surface area contributed by atoms with Gasteiger partial charge in [-0.15, -0.1) is 0 Å². The van der Waals surface area contributed by atoms with Gasteiger partial charge in [0.2, 0.25) is 0 Å². The van der Waals surface area contributed by atoms with Crippen LogP contribution < -0.4 is 10.2 Å². The third kappa shape index (κ3) is 4.35. The van der Waals surface area contributed by atoms with E-state index in [2.05, 4.69) is 49.2 Å². The summed E-state index contributed by atoms with van der Waals surface area (Å²) in [7, 11) is 0. The molecule has 1 N–H and O–H groups in total. The summed E-state index contributed by atoms with van der Waals surface area (Å²) in [5, 5.41) is 4.25. The first-order valence-corrected chi connectivity index (χ1v) is 8.40. The lowest BCUT2D eigenvalue weighted by Gasteiger charge is -2.40. The number of benzene rings is 1. The number of anilines is 1. The van der Waals surface area contributed by atoms with Gasteiger partial charge in [-0.05, 0) is 44.0 Å². The molecular formula is C17H27ClN2O. The normalized spacial score (nSPS) is 22.6. The fourth-order valence-electron chi connectivity index (χ4n) is 2.76. The van der Waals surface area contributed by atoms with Crippen molar-refractivity contribution in [2.24, 2.45) is 0 Å². The van der Waals surface area contributed by atoms with E-state index in [9.17, 15) is 0 Å². The maximum Gasteiger partial charge on any atom is 0.0723 e. The minimum atomic E-state index is 0.275. The van der Waals surface area contributed by atoms with Crippen molar-refractivity contribution in [3.63, 3.8) is 0 Å². The zero-order chi connectivity index (χ0) is 15.2. The topological polar surface area (TPSA) is 24.5 Å². The second-order valence-electron chi connectivity index (χ2n) is 5.81. The van der Waals surface area contributed by atoms with Crippen LogP contribution >= 0.6 is 11.6 Å². The van der Waals surface area contributed by atoms with Crippen LogP contribution in [0.4, 0.5) is 5.69 Å². The Morgan fingerprint density at radius 1 is 1.38 bits per heavy atom. The van der Waals surface area contributed by atoms with Crippen LogP contribution in [-0.2, 0) is 11.3 Å². The number of rotatable bonds is 6. The Morgan fingerprint density at radius 3 is 2.86 bits per heavy atom. The number of morpholine rings is 1. The van der Waals surface area contributed by atoms with E-state index in [-0.39, 0.29) is 6.10 Å². The third-order valence-electron chi connectivity index (χ3n) is 4.05.